The summed E-state index contributed by atoms with van der Waals surface area (Å²) in [4.78, 5) is 10.4. The standard InChI is InChI=1S/C10H12FNO2/c1-7(14-10(12)13)6-8-4-2-3-5-9(8)11/h2-5,7H,6H2,1H3,(H2,12,13)/t7-/m0/s1. The van der Waals surface area contributed by atoms with Gasteiger partial charge in [-0.3, -0.25) is 0 Å². The monoisotopic (exact) mass is 197 g/mol. The fourth-order valence-corrected chi connectivity index (χ4v) is 1.21. The van der Waals surface area contributed by atoms with Crippen LogP contribution >= 0.6 is 0 Å². The maximum atomic E-state index is 13.1. The van der Waals surface area contributed by atoms with Gasteiger partial charge in [-0.25, -0.2) is 9.18 Å². The Balaban J connectivity index is 2.60. The summed E-state index contributed by atoms with van der Waals surface area (Å²) in [6.45, 7) is 1.66. The fraction of sp³-hybridized carbons (Fsp3) is 0.300. The van der Waals surface area contributed by atoms with Gasteiger partial charge in [0, 0.05) is 6.42 Å². The van der Waals surface area contributed by atoms with Crippen LogP contribution in [0.15, 0.2) is 24.3 Å². The van der Waals surface area contributed by atoms with Crippen molar-refractivity contribution >= 4 is 6.09 Å². The molecule has 0 aliphatic rings. The normalized spacial score (nSPS) is 12.1. The molecule has 0 aromatic heterocycles. The molecule has 1 aromatic carbocycles. The molecule has 3 nitrogen and oxygen atoms in total. The first kappa shape index (κ1) is 10.5. The highest BCUT2D eigenvalue weighted by atomic mass is 19.1. The molecule has 0 aliphatic heterocycles. The molecular formula is C10H12FNO2. The minimum absolute atomic E-state index is 0.299. The van der Waals surface area contributed by atoms with E-state index in [1.54, 1.807) is 25.1 Å². The highest BCUT2D eigenvalue weighted by Crippen LogP contribution is 2.10. The van der Waals surface area contributed by atoms with Crippen molar-refractivity contribution in [3.8, 4) is 0 Å². The van der Waals surface area contributed by atoms with Gasteiger partial charge in [-0.05, 0) is 18.6 Å². The van der Waals surface area contributed by atoms with Gasteiger partial charge in [0.25, 0.3) is 0 Å². The molecule has 0 fully saturated rings. The van der Waals surface area contributed by atoms with Crippen molar-refractivity contribution in [3.63, 3.8) is 0 Å². The first-order valence-corrected chi connectivity index (χ1v) is 4.29. The molecule has 1 atom stereocenters. The highest BCUT2D eigenvalue weighted by molar-refractivity contribution is 5.64. The number of rotatable bonds is 3. The van der Waals surface area contributed by atoms with Crippen molar-refractivity contribution in [1.29, 1.82) is 0 Å². The Morgan fingerprint density at radius 3 is 2.79 bits per heavy atom. The number of carbonyl (C=O) groups excluding carboxylic acids is 1. The maximum absolute atomic E-state index is 13.1. The Morgan fingerprint density at radius 2 is 2.21 bits per heavy atom. The summed E-state index contributed by atoms with van der Waals surface area (Å²) in [5, 5.41) is 0. The minimum atomic E-state index is -0.839. The van der Waals surface area contributed by atoms with Crippen molar-refractivity contribution < 1.29 is 13.9 Å². The number of benzene rings is 1. The zero-order valence-corrected chi connectivity index (χ0v) is 7.87. The van der Waals surface area contributed by atoms with Crippen molar-refractivity contribution in [2.45, 2.75) is 19.4 Å². The van der Waals surface area contributed by atoms with Crippen molar-refractivity contribution in [3.05, 3.63) is 35.6 Å². The predicted octanol–water partition coefficient (Wildman–Crippen LogP) is 1.85. The lowest BCUT2D eigenvalue weighted by atomic mass is 10.1. The molecule has 0 radical (unpaired) electrons. The van der Waals surface area contributed by atoms with Gasteiger partial charge in [-0.2, -0.15) is 0 Å². The second-order valence-corrected chi connectivity index (χ2v) is 3.04. The Bertz CT molecular complexity index is 328. The number of amides is 1. The average Bonchev–Trinajstić information content (AvgIpc) is 2.07. The van der Waals surface area contributed by atoms with Gasteiger partial charge in [0.15, 0.2) is 0 Å². The van der Waals surface area contributed by atoms with Gasteiger partial charge < -0.3 is 10.5 Å². The van der Waals surface area contributed by atoms with Crippen molar-refractivity contribution in [2.24, 2.45) is 5.73 Å². The van der Waals surface area contributed by atoms with Crippen LogP contribution in [0.1, 0.15) is 12.5 Å². The van der Waals surface area contributed by atoms with E-state index in [9.17, 15) is 9.18 Å². The van der Waals surface area contributed by atoms with Gasteiger partial charge >= 0.3 is 6.09 Å². The SMILES string of the molecule is C[C@@H](Cc1ccccc1F)OC(N)=O. The number of halogens is 1. The fourth-order valence-electron chi connectivity index (χ4n) is 1.21. The van der Waals surface area contributed by atoms with Gasteiger partial charge in [0.2, 0.25) is 0 Å². The van der Waals surface area contributed by atoms with E-state index < -0.39 is 12.2 Å². The first-order valence-electron chi connectivity index (χ1n) is 4.29. The topological polar surface area (TPSA) is 52.3 Å². The van der Waals surface area contributed by atoms with Crippen LogP contribution in [0, 0.1) is 5.82 Å². The summed E-state index contributed by atoms with van der Waals surface area (Å²) in [6.07, 6.45) is -0.923. The summed E-state index contributed by atoms with van der Waals surface area (Å²) >= 11 is 0. The van der Waals surface area contributed by atoms with Crippen LogP contribution in [-0.2, 0) is 11.2 Å². The van der Waals surface area contributed by atoms with E-state index in [0.717, 1.165) is 0 Å². The lowest BCUT2D eigenvalue weighted by Crippen LogP contribution is -2.22. The Hall–Kier alpha value is -1.58. The molecule has 0 unspecified atom stereocenters. The quantitative estimate of drug-likeness (QED) is 0.803. The minimum Gasteiger partial charge on any atom is -0.446 e. The van der Waals surface area contributed by atoms with E-state index in [1.807, 2.05) is 0 Å². The summed E-state index contributed by atoms with van der Waals surface area (Å²) in [7, 11) is 0. The van der Waals surface area contributed by atoms with Crippen LogP contribution in [0.4, 0.5) is 9.18 Å². The van der Waals surface area contributed by atoms with Crippen LogP contribution in [-0.4, -0.2) is 12.2 Å². The van der Waals surface area contributed by atoms with Crippen molar-refractivity contribution in [1.82, 2.24) is 0 Å². The number of hydrogen-bond acceptors (Lipinski definition) is 2. The first-order chi connectivity index (χ1) is 6.59. The predicted molar refractivity (Wildman–Crippen MR) is 50.2 cm³/mol. The van der Waals surface area contributed by atoms with Gasteiger partial charge in [0.1, 0.15) is 11.9 Å². The number of nitrogens with two attached hydrogens (primary N) is 1. The van der Waals surface area contributed by atoms with E-state index in [-0.39, 0.29) is 5.82 Å². The second-order valence-electron chi connectivity index (χ2n) is 3.04. The van der Waals surface area contributed by atoms with E-state index in [1.165, 1.54) is 6.07 Å². The van der Waals surface area contributed by atoms with E-state index in [0.29, 0.717) is 12.0 Å². The van der Waals surface area contributed by atoms with Crippen LogP contribution in [0.5, 0.6) is 0 Å². The molecule has 0 aliphatic carbocycles. The molecule has 0 bridgehead atoms. The molecule has 0 saturated carbocycles. The third kappa shape index (κ3) is 3.05. The molecule has 1 aromatic rings. The van der Waals surface area contributed by atoms with Crippen molar-refractivity contribution in [2.75, 3.05) is 0 Å². The molecular weight excluding hydrogens is 185 g/mol. The smallest absolute Gasteiger partial charge is 0.404 e. The van der Waals surface area contributed by atoms with Gasteiger partial charge in [0.05, 0.1) is 0 Å². The largest absolute Gasteiger partial charge is 0.446 e. The second kappa shape index (κ2) is 4.60. The molecule has 0 heterocycles. The number of carbonyl (C=O) groups is 1. The maximum Gasteiger partial charge on any atom is 0.404 e. The highest BCUT2D eigenvalue weighted by Gasteiger charge is 2.09. The molecule has 14 heavy (non-hydrogen) atoms. The zero-order chi connectivity index (χ0) is 10.6. The lowest BCUT2D eigenvalue weighted by molar-refractivity contribution is 0.116. The van der Waals surface area contributed by atoms with Crippen LogP contribution in [0.25, 0.3) is 0 Å². The zero-order valence-electron chi connectivity index (χ0n) is 7.87. The van der Waals surface area contributed by atoms with Crippen LogP contribution < -0.4 is 5.73 Å². The molecule has 2 N–H and O–H groups in total. The molecule has 1 amide bonds. The number of hydrogen-bond donors (Lipinski definition) is 1. The molecule has 1 rings (SSSR count). The summed E-state index contributed by atoms with van der Waals surface area (Å²) in [5.74, 6) is -0.299. The van der Waals surface area contributed by atoms with Crippen LogP contribution in [0.3, 0.4) is 0 Å². The van der Waals surface area contributed by atoms with E-state index in [4.69, 9.17) is 5.73 Å². The third-order valence-corrected chi connectivity index (χ3v) is 1.78. The summed E-state index contributed by atoms with van der Waals surface area (Å²) in [5.41, 5.74) is 5.35. The summed E-state index contributed by atoms with van der Waals surface area (Å²) < 4.78 is 17.8. The Kier molecular flexibility index (Phi) is 3.45. The third-order valence-electron chi connectivity index (χ3n) is 1.78. The van der Waals surface area contributed by atoms with Gasteiger partial charge in [-0.1, -0.05) is 18.2 Å². The Labute approximate surface area is 81.7 Å². The lowest BCUT2D eigenvalue weighted by Gasteiger charge is -2.11. The van der Waals surface area contributed by atoms with E-state index >= 15 is 0 Å². The molecule has 0 spiro atoms. The Morgan fingerprint density at radius 1 is 1.57 bits per heavy atom. The summed E-state index contributed by atoms with van der Waals surface area (Å²) in [6, 6.07) is 6.36. The van der Waals surface area contributed by atoms with Crippen LogP contribution in [0.2, 0.25) is 0 Å². The average molecular weight is 197 g/mol. The van der Waals surface area contributed by atoms with E-state index in [2.05, 4.69) is 4.74 Å². The molecule has 0 saturated heterocycles. The molecule has 76 valence electrons. The number of primary amides is 1. The number of ether oxygens (including phenoxy) is 1. The van der Waals surface area contributed by atoms with Gasteiger partial charge in [-0.15, -0.1) is 0 Å². The molecule has 4 heteroatoms.